The summed E-state index contributed by atoms with van der Waals surface area (Å²) in [5.74, 6) is 1.68. The lowest BCUT2D eigenvalue weighted by atomic mass is 10.1. The maximum Gasteiger partial charge on any atom is 0.276 e. The number of fused-ring (bicyclic) bond motifs is 1. The van der Waals surface area contributed by atoms with Crippen molar-refractivity contribution in [3.8, 4) is 22.8 Å². The first-order valence-electron chi connectivity index (χ1n) is 9.05. The Morgan fingerprint density at radius 1 is 1.14 bits per heavy atom. The van der Waals surface area contributed by atoms with Gasteiger partial charge in [-0.05, 0) is 25.1 Å². The zero-order valence-corrected chi connectivity index (χ0v) is 16.1. The predicted molar refractivity (Wildman–Crippen MR) is 105 cm³/mol. The smallest absolute Gasteiger partial charge is 0.276 e. The summed E-state index contributed by atoms with van der Waals surface area (Å²) < 4.78 is 16.7. The molecule has 0 N–H and O–H groups in total. The van der Waals surface area contributed by atoms with Crippen LogP contribution < -0.4 is 9.47 Å². The lowest BCUT2D eigenvalue weighted by Gasteiger charge is -2.24. The average molecular weight is 399 g/mol. The number of aromatic nitrogens is 1. The second-order valence-corrected chi connectivity index (χ2v) is 6.78. The van der Waals surface area contributed by atoms with Gasteiger partial charge >= 0.3 is 0 Å². The number of para-hydroxylation sites is 1. The largest absolute Gasteiger partial charge is 0.486 e. The molecule has 1 aliphatic heterocycles. The minimum atomic E-state index is -0.214. The van der Waals surface area contributed by atoms with E-state index in [1.165, 1.54) is 0 Å². The molecule has 0 atom stereocenters. The molecule has 4 rings (SSSR count). The maximum atomic E-state index is 13.0. The number of halogens is 1. The minimum Gasteiger partial charge on any atom is -0.486 e. The van der Waals surface area contributed by atoms with Gasteiger partial charge in [0.15, 0.2) is 23.0 Å². The van der Waals surface area contributed by atoms with Crippen LogP contribution in [-0.2, 0) is 6.54 Å². The van der Waals surface area contributed by atoms with Crippen molar-refractivity contribution in [3.05, 3.63) is 64.8 Å². The van der Waals surface area contributed by atoms with Crippen molar-refractivity contribution in [2.75, 3.05) is 19.8 Å². The fourth-order valence-corrected chi connectivity index (χ4v) is 3.30. The Morgan fingerprint density at radius 3 is 2.79 bits per heavy atom. The molecule has 0 spiro atoms. The van der Waals surface area contributed by atoms with Crippen LogP contribution in [0, 0.1) is 0 Å². The third-order valence-corrected chi connectivity index (χ3v) is 4.75. The van der Waals surface area contributed by atoms with Crippen LogP contribution >= 0.6 is 11.6 Å². The molecule has 0 unspecified atom stereocenters. The SMILES string of the molecule is CCN(Cc1cccc2c1OCCO2)C(=O)c1cc(-c2cccc(Cl)c2)on1. The summed E-state index contributed by atoms with van der Waals surface area (Å²) in [6, 6.07) is 14.5. The molecule has 0 saturated carbocycles. The second-order valence-electron chi connectivity index (χ2n) is 6.35. The quantitative estimate of drug-likeness (QED) is 0.636. The molecule has 6 nitrogen and oxygen atoms in total. The van der Waals surface area contributed by atoms with Crippen LogP contribution in [0.1, 0.15) is 23.0 Å². The van der Waals surface area contributed by atoms with Crippen molar-refractivity contribution >= 4 is 17.5 Å². The summed E-state index contributed by atoms with van der Waals surface area (Å²) in [5, 5.41) is 4.55. The van der Waals surface area contributed by atoms with E-state index in [4.69, 9.17) is 25.6 Å². The predicted octanol–water partition coefficient (Wildman–Crippen LogP) is 4.43. The van der Waals surface area contributed by atoms with Gasteiger partial charge in [0.05, 0.1) is 0 Å². The Morgan fingerprint density at radius 2 is 1.96 bits per heavy atom. The van der Waals surface area contributed by atoms with E-state index in [-0.39, 0.29) is 11.6 Å². The molecule has 1 aliphatic rings. The van der Waals surface area contributed by atoms with Crippen LogP contribution in [0.15, 0.2) is 53.1 Å². The monoisotopic (exact) mass is 398 g/mol. The highest BCUT2D eigenvalue weighted by Crippen LogP contribution is 2.34. The van der Waals surface area contributed by atoms with Crippen molar-refractivity contribution < 1.29 is 18.8 Å². The van der Waals surface area contributed by atoms with Crippen molar-refractivity contribution in [3.63, 3.8) is 0 Å². The van der Waals surface area contributed by atoms with Gasteiger partial charge in [-0.15, -0.1) is 0 Å². The molecule has 2 heterocycles. The highest BCUT2D eigenvalue weighted by Gasteiger charge is 2.23. The summed E-state index contributed by atoms with van der Waals surface area (Å²) in [5.41, 5.74) is 1.91. The van der Waals surface area contributed by atoms with Gasteiger partial charge in [-0.1, -0.05) is 41.0 Å². The molecule has 1 aromatic heterocycles. The number of amides is 1. The van der Waals surface area contributed by atoms with Crippen LogP contribution in [0.3, 0.4) is 0 Å². The molecule has 0 aliphatic carbocycles. The zero-order chi connectivity index (χ0) is 19.5. The van der Waals surface area contributed by atoms with Crippen molar-refractivity contribution in [2.24, 2.45) is 0 Å². The average Bonchev–Trinajstić information content (AvgIpc) is 3.22. The van der Waals surface area contributed by atoms with Crippen LogP contribution in [0.2, 0.25) is 5.02 Å². The Labute approximate surface area is 167 Å². The molecular weight excluding hydrogens is 380 g/mol. The Hall–Kier alpha value is -2.99. The minimum absolute atomic E-state index is 0.214. The van der Waals surface area contributed by atoms with Crippen LogP contribution in [0.4, 0.5) is 0 Å². The van der Waals surface area contributed by atoms with E-state index in [0.717, 1.165) is 11.1 Å². The van der Waals surface area contributed by atoms with Crippen LogP contribution in [0.25, 0.3) is 11.3 Å². The number of hydrogen-bond donors (Lipinski definition) is 0. The topological polar surface area (TPSA) is 64.8 Å². The van der Waals surface area contributed by atoms with E-state index < -0.39 is 0 Å². The van der Waals surface area contributed by atoms with E-state index in [2.05, 4.69) is 5.16 Å². The van der Waals surface area contributed by atoms with Gasteiger partial charge in [-0.3, -0.25) is 4.79 Å². The van der Waals surface area contributed by atoms with Gasteiger partial charge in [0.25, 0.3) is 5.91 Å². The van der Waals surface area contributed by atoms with Crippen molar-refractivity contribution in [1.82, 2.24) is 10.1 Å². The molecular formula is C21H19ClN2O4. The fraction of sp³-hybridized carbons (Fsp3) is 0.238. The Balaban J connectivity index is 1.55. The lowest BCUT2D eigenvalue weighted by Crippen LogP contribution is -2.31. The molecule has 0 fully saturated rings. The Bertz CT molecular complexity index is 1000. The van der Waals surface area contributed by atoms with Gasteiger partial charge in [-0.2, -0.15) is 0 Å². The molecule has 0 radical (unpaired) electrons. The molecule has 3 aromatic rings. The molecule has 28 heavy (non-hydrogen) atoms. The molecule has 144 valence electrons. The highest BCUT2D eigenvalue weighted by atomic mass is 35.5. The number of nitrogens with zero attached hydrogens (tertiary/aromatic N) is 2. The van der Waals surface area contributed by atoms with Crippen molar-refractivity contribution in [2.45, 2.75) is 13.5 Å². The fourth-order valence-electron chi connectivity index (χ4n) is 3.11. The molecule has 0 saturated heterocycles. The van der Waals surface area contributed by atoms with Gasteiger partial charge in [0.1, 0.15) is 13.2 Å². The van der Waals surface area contributed by atoms with E-state index >= 15 is 0 Å². The molecule has 2 aromatic carbocycles. The molecule has 7 heteroatoms. The number of ether oxygens (including phenoxy) is 2. The second kappa shape index (κ2) is 7.94. The van der Waals surface area contributed by atoms with E-state index in [9.17, 15) is 4.79 Å². The number of carbonyl (C=O) groups is 1. The third kappa shape index (κ3) is 3.68. The van der Waals surface area contributed by atoms with Crippen LogP contribution in [-0.4, -0.2) is 35.7 Å². The number of carbonyl (C=O) groups excluding carboxylic acids is 1. The van der Waals surface area contributed by atoms with Crippen LogP contribution in [0.5, 0.6) is 11.5 Å². The number of rotatable bonds is 5. The Kier molecular flexibility index (Phi) is 5.21. The first-order chi connectivity index (χ1) is 13.7. The lowest BCUT2D eigenvalue weighted by molar-refractivity contribution is 0.0738. The highest BCUT2D eigenvalue weighted by molar-refractivity contribution is 6.30. The first kappa shape index (κ1) is 18.4. The van der Waals surface area contributed by atoms with Gasteiger partial charge in [-0.25, -0.2) is 0 Å². The molecule has 1 amide bonds. The normalized spacial score (nSPS) is 12.6. The van der Waals surface area contributed by atoms with Gasteiger partial charge in [0.2, 0.25) is 0 Å². The number of hydrogen-bond acceptors (Lipinski definition) is 5. The van der Waals surface area contributed by atoms with E-state index in [0.29, 0.717) is 48.6 Å². The van der Waals surface area contributed by atoms with E-state index in [1.54, 1.807) is 23.1 Å². The first-order valence-corrected chi connectivity index (χ1v) is 9.43. The van der Waals surface area contributed by atoms with Gasteiger partial charge in [0, 0.05) is 35.3 Å². The summed E-state index contributed by atoms with van der Waals surface area (Å²) in [7, 11) is 0. The maximum absolute atomic E-state index is 13.0. The van der Waals surface area contributed by atoms with Gasteiger partial charge < -0.3 is 18.9 Å². The van der Waals surface area contributed by atoms with E-state index in [1.807, 2.05) is 37.3 Å². The summed E-state index contributed by atoms with van der Waals surface area (Å²) in [4.78, 5) is 14.7. The zero-order valence-electron chi connectivity index (χ0n) is 15.4. The summed E-state index contributed by atoms with van der Waals surface area (Å²) in [6.07, 6.45) is 0. The summed E-state index contributed by atoms with van der Waals surface area (Å²) >= 11 is 6.03. The molecule has 0 bridgehead atoms. The third-order valence-electron chi connectivity index (χ3n) is 4.52. The number of benzene rings is 2. The standard InChI is InChI=1S/C21H19ClN2O4/c1-2-24(13-15-6-4-8-18-20(15)27-10-9-26-18)21(25)17-12-19(28-23-17)14-5-3-7-16(22)11-14/h3-8,11-12H,2,9-10,13H2,1H3. The van der Waals surface area contributed by atoms with Crippen molar-refractivity contribution in [1.29, 1.82) is 0 Å². The summed E-state index contributed by atoms with van der Waals surface area (Å²) in [6.45, 7) is 3.85.